The van der Waals surface area contributed by atoms with Gasteiger partial charge in [0.1, 0.15) is 25.0 Å². The lowest BCUT2D eigenvalue weighted by Gasteiger charge is -2.22. The van der Waals surface area contributed by atoms with Crippen molar-refractivity contribution in [3.05, 3.63) is 43.0 Å². The van der Waals surface area contributed by atoms with Crippen LogP contribution in [0.2, 0.25) is 0 Å². The maximum Gasteiger partial charge on any atom is 0.193 e. The van der Waals surface area contributed by atoms with Gasteiger partial charge in [0.15, 0.2) is 5.96 Å². The molecule has 26 heavy (non-hydrogen) atoms. The Bertz CT molecular complexity index is 605. The third kappa shape index (κ3) is 8.50. The average molecular weight is 472 g/mol. The van der Waals surface area contributed by atoms with Crippen molar-refractivity contribution in [1.82, 2.24) is 25.0 Å². The van der Waals surface area contributed by atoms with Crippen molar-refractivity contribution < 1.29 is 4.74 Å². The van der Waals surface area contributed by atoms with Gasteiger partial charge in [-0.1, -0.05) is 18.2 Å². The van der Waals surface area contributed by atoms with E-state index in [0.717, 1.165) is 50.7 Å². The van der Waals surface area contributed by atoms with Crippen LogP contribution in [0.25, 0.3) is 0 Å². The van der Waals surface area contributed by atoms with Crippen molar-refractivity contribution in [3.63, 3.8) is 0 Å². The molecule has 0 unspecified atom stereocenters. The fourth-order valence-electron chi connectivity index (χ4n) is 2.32. The zero-order valence-electron chi connectivity index (χ0n) is 15.5. The summed E-state index contributed by atoms with van der Waals surface area (Å²) in [5.41, 5.74) is 0. The molecule has 144 valence electrons. The Balaban J connectivity index is 0.00000338. The SMILES string of the molecule is CCNC(=NCCCCn1cnnc1)N(C)CCOc1ccccc1.I. The number of rotatable bonds is 10. The summed E-state index contributed by atoms with van der Waals surface area (Å²) in [6.45, 7) is 6.06. The summed E-state index contributed by atoms with van der Waals surface area (Å²) < 4.78 is 7.74. The molecular weight excluding hydrogens is 443 g/mol. The van der Waals surface area contributed by atoms with Crippen LogP contribution < -0.4 is 10.1 Å². The van der Waals surface area contributed by atoms with Gasteiger partial charge in [-0.15, -0.1) is 34.2 Å². The van der Waals surface area contributed by atoms with Gasteiger partial charge in [0.05, 0.1) is 6.54 Å². The molecule has 2 aromatic rings. The fourth-order valence-corrected chi connectivity index (χ4v) is 2.32. The molecule has 0 radical (unpaired) electrons. The minimum atomic E-state index is 0. The van der Waals surface area contributed by atoms with Gasteiger partial charge in [0.25, 0.3) is 0 Å². The number of benzene rings is 1. The van der Waals surface area contributed by atoms with Crippen molar-refractivity contribution in [2.24, 2.45) is 4.99 Å². The molecule has 1 heterocycles. The minimum Gasteiger partial charge on any atom is -0.492 e. The van der Waals surface area contributed by atoms with E-state index < -0.39 is 0 Å². The molecule has 7 nitrogen and oxygen atoms in total. The van der Waals surface area contributed by atoms with Gasteiger partial charge in [-0.2, -0.15) is 0 Å². The second kappa shape index (κ2) is 13.4. The third-order valence-corrected chi connectivity index (χ3v) is 3.69. The van der Waals surface area contributed by atoms with E-state index in [1.54, 1.807) is 12.7 Å². The number of guanidine groups is 1. The molecule has 0 aliphatic carbocycles. The van der Waals surface area contributed by atoms with E-state index in [1.807, 2.05) is 41.9 Å². The summed E-state index contributed by atoms with van der Waals surface area (Å²) >= 11 is 0. The molecular formula is C18H29IN6O. The van der Waals surface area contributed by atoms with Crippen LogP contribution in [0, 0.1) is 0 Å². The number of aromatic nitrogens is 3. The summed E-state index contributed by atoms with van der Waals surface area (Å²) in [5, 5.41) is 10.9. The third-order valence-electron chi connectivity index (χ3n) is 3.69. The first-order chi connectivity index (χ1) is 12.3. The van der Waals surface area contributed by atoms with Crippen LogP contribution in [-0.4, -0.2) is 58.9 Å². The summed E-state index contributed by atoms with van der Waals surface area (Å²) in [4.78, 5) is 6.80. The first-order valence-corrected chi connectivity index (χ1v) is 8.79. The van der Waals surface area contributed by atoms with E-state index in [2.05, 4.69) is 27.3 Å². The van der Waals surface area contributed by atoms with E-state index >= 15 is 0 Å². The van der Waals surface area contributed by atoms with Crippen molar-refractivity contribution in [3.8, 4) is 5.75 Å². The van der Waals surface area contributed by atoms with Crippen LogP contribution in [-0.2, 0) is 6.54 Å². The highest BCUT2D eigenvalue weighted by Gasteiger charge is 2.05. The van der Waals surface area contributed by atoms with Crippen LogP contribution in [0.5, 0.6) is 5.75 Å². The molecule has 1 aromatic heterocycles. The maximum absolute atomic E-state index is 5.75. The van der Waals surface area contributed by atoms with Crippen LogP contribution in [0.15, 0.2) is 48.0 Å². The zero-order chi connectivity index (χ0) is 17.7. The lowest BCUT2D eigenvalue weighted by atomic mass is 10.3. The topological polar surface area (TPSA) is 67.6 Å². The monoisotopic (exact) mass is 472 g/mol. The molecule has 0 amide bonds. The number of aliphatic imine (C=N–C) groups is 1. The summed E-state index contributed by atoms with van der Waals surface area (Å²) in [7, 11) is 2.03. The van der Waals surface area contributed by atoms with E-state index in [4.69, 9.17) is 9.73 Å². The molecule has 0 aliphatic rings. The van der Waals surface area contributed by atoms with Crippen LogP contribution in [0.1, 0.15) is 19.8 Å². The van der Waals surface area contributed by atoms with Crippen molar-refractivity contribution in [2.45, 2.75) is 26.3 Å². The van der Waals surface area contributed by atoms with E-state index in [-0.39, 0.29) is 24.0 Å². The van der Waals surface area contributed by atoms with Crippen LogP contribution in [0.4, 0.5) is 0 Å². The molecule has 2 rings (SSSR count). The standard InChI is InChI=1S/C18H28N6O.HI/c1-3-19-18(20-11-7-8-12-24-15-21-22-16-24)23(2)13-14-25-17-9-5-4-6-10-17;/h4-6,9-10,15-16H,3,7-8,11-14H2,1-2H3,(H,19,20);1H. The lowest BCUT2D eigenvalue weighted by molar-refractivity contribution is 0.281. The number of ether oxygens (including phenoxy) is 1. The lowest BCUT2D eigenvalue weighted by Crippen LogP contribution is -2.41. The van der Waals surface area contributed by atoms with E-state index in [1.165, 1.54) is 0 Å². The Morgan fingerprint density at radius 1 is 1.19 bits per heavy atom. The van der Waals surface area contributed by atoms with Gasteiger partial charge in [-0.3, -0.25) is 4.99 Å². The molecule has 1 aromatic carbocycles. The van der Waals surface area contributed by atoms with Crippen molar-refractivity contribution in [2.75, 3.05) is 33.3 Å². The number of nitrogens with one attached hydrogen (secondary N) is 1. The summed E-state index contributed by atoms with van der Waals surface area (Å²) in [6, 6.07) is 9.87. The van der Waals surface area contributed by atoms with E-state index in [9.17, 15) is 0 Å². The van der Waals surface area contributed by atoms with Gasteiger partial charge >= 0.3 is 0 Å². The molecule has 0 saturated heterocycles. The number of aryl methyl sites for hydroxylation is 1. The Labute approximate surface area is 172 Å². The van der Waals surface area contributed by atoms with Crippen molar-refractivity contribution >= 4 is 29.9 Å². The molecule has 0 aliphatic heterocycles. The van der Waals surface area contributed by atoms with Gasteiger partial charge in [-0.25, -0.2) is 0 Å². The highest BCUT2D eigenvalue weighted by Crippen LogP contribution is 2.07. The number of unbranched alkanes of at least 4 members (excludes halogenated alkanes) is 1. The van der Waals surface area contributed by atoms with Gasteiger partial charge < -0.3 is 19.5 Å². The highest BCUT2D eigenvalue weighted by molar-refractivity contribution is 14.0. The number of nitrogens with zero attached hydrogens (tertiary/aromatic N) is 5. The second-order valence-corrected chi connectivity index (χ2v) is 5.73. The van der Waals surface area contributed by atoms with Gasteiger partial charge in [0, 0.05) is 26.7 Å². The molecule has 0 spiro atoms. The Morgan fingerprint density at radius 3 is 2.62 bits per heavy atom. The first kappa shape index (κ1) is 22.2. The van der Waals surface area contributed by atoms with Crippen LogP contribution >= 0.6 is 24.0 Å². The molecule has 8 heteroatoms. The Hall–Kier alpha value is -1.84. The normalized spacial score (nSPS) is 10.9. The second-order valence-electron chi connectivity index (χ2n) is 5.73. The fraction of sp³-hybridized carbons (Fsp3) is 0.500. The Kier molecular flexibility index (Phi) is 11.4. The largest absolute Gasteiger partial charge is 0.492 e. The number of likely N-dealkylation sites (N-methyl/N-ethyl adjacent to an activating group) is 1. The molecule has 0 atom stereocenters. The minimum absolute atomic E-state index is 0. The number of hydrogen-bond acceptors (Lipinski definition) is 4. The molecule has 0 fully saturated rings. The summed E-state index contributed by atoms with van der Waals surface area (Å²) in [6.07, 6.45) is 5.57. The highest BCUT2D eigenvalue weighted by atomic mass is 127. The van der Waals surface area contributed by atoms with Crippen molar-refractivity contribution in [1.29, 1.82) is 0 Å². The number of para-hydroxylation sites is 1. The predicted molar refractivity (Wildman–Crippen MR) is 115 cm³/mol. The van der Waals surface area contributed by atoms with Gasteiger partial charge in [0.2, 0.25) is 0 Å². The van der Waals surface area contributed by atoms with E-state index in [0.29, 0.717) is 6.61 Å². The smallest absolute Gasteiger partial charge is 0.193 e. The first-order valence-electron chi connectivity index (χ1n) is 8.79. The quantitative estimate of drug-likeness (QED) is 0.249. The summed E-state index contributed by atoms with van der Waals surface area (Å²) in [5.74, 6) is 1.82. The molecule has 1 N–H and O–H groups in total. The molecule has 0 saturated carbocycles. The zero-order valence-corrected chi connectivity index (χ0v) is 17.9. The molecule has 0 bridgehead atoms. The Morgan fingerprint density at radius 2 is 1.92 bits per heavy atom. The predicted octanol–water partition coefficient (Wildman–Crippen LogP) is 2.65. The van der Waals surface area contributed by atoms with Crippen LogP contribution in [0.3, 0.4) is 0 Å². The number of halogens is 1. The average Bonchev–Trinajstić information content (AvgIpc) is 3.15. The van der Waals surface area contributed by atoms with Gasteiger partial charge in [-0.05, 0) is 31.9 Å². The maximum atomic E-state index is 5.75. The number of hydrogen-bond donors (Lipinski definition) is 1.